The molecule has 1 heterocycles. The van der Waals surface area contributed by atoms with Gasteiger partial charge in [-0.25, -0.2) is 0 Å². The summed E-state index contributed by atoms with van der Waals surface area (Å²) in [5.41, 5.74) is 8.42. The van der Waals surface area contributed by atoms with E-state index >= 15 is 0 Å². The molecule has 13 heavy (non-hydrogen) atoms. The van der Waals surface area contributed by atoms with Crippen molar-refractivity contribution in [2.24, 2.45) is 11.7 Å². The highest BCUT2D eigenvalue weighted by atomic mass is 15.3. The van der Waals surface area contributed by atoms with Crippen LogP contribution < -0.4 is 5.73 Å². The molecule has 0 saturated heterocycles. The van der Waals surface area contributed by atoms with E-state index in [1.54, 1.807) is 0 Å². The topological polar surface area (TPSA) is 43.8 Å². The molecule has 0 bridgehead atoms. The molecule has 0 aromatic carbocycles. The first-order valence-corrected chi connectivity index (χ1v) is 5.02. The average molecular weight is 179 g/mol. The van der Waals surface area contributed by atoms with Crippen molar-refractivity contribution >= 4 is 0 Å². The van der Waals surface area contributed by atoms with E-state index in [4.69, 9.17) is 5.73 Å². The zero-order valence-corrected chi connectivity index (χ0v) is 8.33. The summed E-state index contributed by atoms with van der Waals surface area (Å²) < 4.78 is 2.03. The molecule has 1 aliphatic carbocycles. The van der Waals surface area contributed by atoms with E-state index in [0.29, 0.717) is 5.92 Å². The summed E-state index contributed by atoms with van der Waals surface area (Å²) in [7, 11) is 0. The maximum Gasteiger partial charge on any atom is 0.0597 e. The second-order valence-electron chi connectivity index (χ2n) is 3.89. The van der Waals surface area contributed by atoms with Gasteiger partial charge in [-0.2, -0.15) is 5.10 Å². The number of rotatable bonds is 3. The van der Waals surface area contributed by atoms with E-state index in [-0.39, 0.29) is 6.04 Å². The molecule has 1 unspecified atom stereocenters. The largest absolute Gasteiger partial charge is 0.322 e. The highest BCUT2D eigenvalue weighted by Gasteiger charge is 2.31. The van der Waals surface area contributed by atoms with Crippen molar-refractivity contribution in [3.63, 3.8) is 0 Å². The fraction of sp³-hybridized carbons (Fsp3) is 0.700. The Kier molecular flexibility index (Phi) is 2.12. The third kappa shape index (κ3) is 1.61. The van der Waals surface area contributed by atoms with Gasteiger partial charge in [-0.05, 0) is 38.7 Å². The summed E-state index contributed by atoms with van der Waals surface area (Å²) >= 11 is 0. The molecule has 3 nitrogen and oxygen atoms in total. The number of aromatic nitrogens is 2. The number of nitrogens with zero attached hydrogens (tertiary/aromatic N) is 2. The summed E-state index contributed by atoms with van der Waals surface area (Å²) in [5, 5.41) is 4.40. The lowest BCUT2D eigenvalue weighted by atomic mass is 10.1. The predicted molar refractivity (Wildman–Crippen MR) is 52.3 cm³/mol. The second-order valence-corrected chi connectivity index (χ2v) is 3.89. The van der Waals surface area contributed by atoms with Crippen LogP contribution in [-0.4, -0.2) is 9.78 Å². The summed E-state index contributed by atoms with van der Waals surface area (Å²) in [6.07, 6.45) is 2.57. The van der Waals surface area contributed by atoms with Crippen LogP contribution in [0, 0.1) is 12.8 Å². The molecule has 0 radical (unpaired) electrons. The zero-order chi connectivity index (χ0) is 9.42. The van der Waals surface area contributed by atoms with Crippen LogP contribution in [0.4, 0.5) is 0 Å². The number of hydrogen-bond acceptors (Lipinski definition) is 2. The molecular formula is C10H17N3. The van der Waals surface area contributed by atoms with Crippen LogP contribution in [0.1, 0.15) is 37.2 Å². The van der Waals surface area contributed by atoms with Crippen molar-refractivity contribution in [3.8, 4) is 0 Å². The lowest BCUT2D eigenvalue weighted by molar-refractivity contribution is 0.533. The van der Waals surface area contributed by atoms with Crippen molar-refractivity contribution in [2.75, 3.05) is 0 Å². The molecule has 0 spiro atoms. The monoisotopic (exact) mass is 179 g/mol. The molecule has 72 valence electrons. The minimum absolute atomic E-state index is 0.209. The van der Waals surface area contributed by atoms with Crippen molar-refractivity contribution in [1.82, 2.24) is 9.78 Å². The molecular weight excluding hydrogens is 162 g/mol. The number of nitrogens with two attached hydrogens (primary N) is 1. The Hall–Kier alpha value is -0.830. The Balaban J connectivity index is 2.25. The molecule has 1 fully saturated rings. The van der Waals surface area contributed by atoms with Gasteiger partial charge in [0.05, 0.1) is 11.4 Å². The second kappa shape index (κ2) is 3.14. The Morgan fingerprint density at radius 3 is 2.92 bits per heavy atom. The summed E-state index contributed by atoms with van der Waals surface area (Å²) in [4.78, 5) is 0. The Bertz CT molecular complexity index is 299. The van der Waals surface area contributed by atoms with Crippen molar-refractivity contribution in [2.45, 2.75) is 39.3 Å². The Morgan fingerprint density at radius 1 is 1.69 bits per heavy atom. The molecule has 0 amide bonds. The van der Waals surface area contributed by atoms with Gasteiger partial charge in [-0.3, -0.25) is 4.68 Å². The van der Waals surface area contributed by atoms with Crippen LogP contribution in [0.15, 0.2) is 6.07 Å². The van der Waals surface area contributed by atoms with E-state index in [1.807, 2.05) is 11.6 Å². The number of hydrogen-bond donors (Lipinski definition) is 1. The van der Waals surface area contributed by atoms with E-state index in [1.165, 1.54) is 18.5 Å². The van der Waals surface area contributed by atoms with Gasteiger partial charge < -0.3 is 5.73 Å². The van der Waals surface area contributed by atoms with Crippen LogP contribution in [-0.2, 0) is 6.54 Å². The van der Waals surface area contributed by atoms with Crippen LogP contribution in [0.3, 0.4) is 0 Å². The molecule has 1 aliphatic rings. The van der Waals surface area contributed by atoms with Gasteiger partial charge in [0.15, 0.2) is 0 Å². The smallest absolute Gasteiger partial charge is 0.0597 e. The summed E-state index contributed by atoms with van der Waals surface area (Å²) in [6, 6.07) is 2.33. The SMILES string of the molecule is CCn1nc(C)cc1C(N)C1CC1. The zero-order valence-electron chi connectivity index (χ0n) is 8.33. The maximum atomic E-state index is 6.13. The summed E-state index contributed by atoms with van der Waals surface area (Å²) in [6.45, 7) is 5.05. The fourth-order valence-corrected chi connectivity index (χ4v) is 1.78. The van der Waals surface area contributed by atoms with E-state index in [2.05, 4.69) is 18.1 Å². The molecule has 2 rings (SSSR count). The van der Waals surface area contributed by atoms with Gasteiger partial charge in [0.1, 0.15) is 0 Å². The first-order valence-electron chi connectivity index (χ1n) is 5.02. The predicted octanol–water partition coefficient (Wildman–Crippen LogP) is 1.62. The van der Waals surface area contributed by atoms with E-state index in [9.17, 15) is 0 Å². The lowest BCUT2D eigenvalue weighted by Crippen LogP contribution is -2.17. The maximum absolute atomic E-state index is 6.13. The van der Waals surface area contributed by atoms with Crippen molar-refractivity contribution in [3.05, 3.63) is 17.5 Å². The number of aryl methyl sites for hydroxylation is 2. The van der Waals surface area contributed by atoms with Gasteiger partial charge in [0, 0.05) is 12.6 Å². The van der Waals surface area contributed by atoms with Crippen molar-refractivity contribution < 1.29 is 0 Å². The normalized spacial score (nSPS) is 19.0. The van der Waals surface area contributed by atoms with Gasteiger partial charge >= 0.3 is 0 Å². The Morgan fingerprint density at radius 2 is 2.38 bits per heavy atom. The minimum atomic E-state index is 0.209. The third-order valence-electron chi connectivity index (χ3n) is 2.70. The van der Waals surface area contributed by atoms with Crippen LogP contribution >= 0.6 is 0 Å². The third-order valence-corrected chi connectivity index (χ3v) is 2.70. The van der Waals surface area contributed by atoms with Gasteiger partial charge in [0.25, 0.3) is 0 Å². The minimum Gasteiger partial charge on any atom is -0.322 e. The van der Waals surface area contributed by atoms with Crippen LogP contribution in [0.2, 0.25) is 0 Å². The van der Waals surface area contributed by atoms with Gasteiger partial charge in [-0.1, -0.05) is 0 Å². The molecule has 1 saturated carbocycles. The molecule has 0 aliphatic heterocycles. The first-order chi connectivity index (χ1) is 6.22. The van der Waals surface area contributed by atoms with Gasteiger partial charge in [0.2, 0.25) is 0 Å². The molecule has 1 aromatic rings. The van der Waals surface area contributed by atoms with Crippen LogP contribution in [0.5, 0.6) is 0 Å². The van der Waals surface area contributed by atoms with Crippen molar-refractivity contribution in [1.29, 1.82) is 0 Å². The van der Waals surface area contributed by atoms with Gasteiger partial charge in [-0.15, -0.1) is 0 Å². The molecule has 1 atom stereocenters. The van der Waals surface area contributed by atoms with E-state index in [0.717, 1.165) is 12.2 Å². The Labute approximate surface area is 78.9 Å². The first kappa shape index (κ1) is 8.75. The van der Waals surface area contributed by atoms with E-state index < -0.39 is 0 Å². The molecule has 2 N–H and O–H groups in total. The summed E-state index contributed by atoms with van der Waals surface area (Å²) in [5.74, 6) is 0.710. The lowest BCUT2D eigenvalue weighted by Gasteiger charge is -2.11. The van der Waals surface area contributed by atoms with Crippen LogP contribution in [0.25, 0.3) is 0 Å². The molecule has 1 aromatic heterocycles. The fourth-order valence-electron chi connectivity index (χ4n) is 1.78. The average Bonchev–Trinajstić information content (AvgIpc) is 2.88. The molecule has 3 heteroatoms. The highest BCUT2D eigenvalue weighted by molar-refractivity contribution is 5.15. The highest BCUT2D eigenvalue weighted by Crippen LogP contribution is 2.39. The quantitative estimate of drug-likeness (QED) is 0.766. The standard InChI is InChI=1S/C10H17N3/c1-3-13-9(6-7(2)12-13)10(11)8-4-5-8/h6,8,10H,3-5,11H2,1-2H3.